The van der Waals surface area contributed by atoms with Crippen LogP contribution in [0.2, 0.25) is 0 Å². The van der Waals surface area contributed by atoms with Crippen LogP contribution in [-0.2, 0) is 4.74 Å². The number of hydrogen-bond donors (Lipinski definition) is 2. The van der Waals surface area contributed by atoms with Crippen molar-refractivity contribution >= 4 is 5.69 Å². The van der Waals surface area contributed by atoms with Crippen molar-refractivity contribution in [1.82, 2.24) is 0 Å². The number of rotatable bonds is 5. The van der Waals surface area contributed by atoms with E-state index in [-0.39, 0.29) is 19.0 Å². The summed E-state index contributed by atoms with van der Waals surface area (Å²) in [6.45, 7) is 0.510. The SMILES string of the molecule is COCC(O)CNc1ccccc1F. The molecule has 3 nitrogen and oxygen atoms in total. The van der Waals surface area contributed by atoms with Crippen molar-refractivity contribution in [3.8, 4) is 0 Å². The van der Waals surface area contributed by atoms with E-state index in [2.05, 4.69) is 5.32 Å². The number of para-hydroxylation sites is 1. The molecule has 0 aliphatic rings. The lowest BCUT2D eigenvalue weighted by Crippen LogP contribution is -2.24. The van der Waals surface area contributed by atoms with E-state index in [1.807, 2.05) is 0 Å². The van der Waals surface area contributed by atoms with Gasteiger partial charge in [-0.15, -0.1) is 0 Å². The maximum Gasteiger partial charge on any atom is 0.146 e. The van der Waals surface area contributed by atoms with Crippen molar-refractivity contribution in [2.24, 2.45) is 0 Å². The van der Waals surface area contributed by atoms with Gasteiger partial charge in [0.05, 0.1) is 18.4 Å². The Balaban J connectivity index is 2.41. The molecule has 2 N–H and O–H groups in total. The minimum Gasteiger partial charge on any atom is -0.389 e. The molecule has 0 saturated carbocycles. The van der Waals surface area contributed by atoms with Gasteiger partial charge in [0, 0.05) is 13.7 Å². The van der Waals surface area contributed by atoms with Gasteiger partial charge in [-0.2, -0.15) is 0 Å². The van der Waals surface area contributed by atoms with E-state index in [0.717, 1.165) is 0 Å². The van der Waals surface area contributed by atoms with E-state index in [9.17, 15) is 9.50 Å². The summed E-state index contributed by atoms with van der Waals surface area (Å²) < 4.78 is 17.8. The van der Waals surface area contributed by atoms with E-state index in [1.165, 1.54) is 13.2 Å². The highest BCUT2D eigenvalue weighted by Crippen LogP contribution is 2.11. The van der Waals surface area contributed by atoms with Crippen LogP contribution in [-0.4, -0.2) is 31.5 Å². The first-order valence-corrected chi connectivity index (χ1v) is 4.39. The van der Waals surface area contributed by atoms with E-state index in [0.29, 0.717) is 5.69 Å². The molecule has 0 heterocycles. The molecule has 0 radical (unpaired) electrons. The van der Waals surface area contributed by atoms with Crippen molar-refractivity contribution in [2.45, 2.75) is 6.10 Å². The summed E-state index contributed by atoms with van der Waals surface area (Å²) >= 11 is 0. The van der Waals surface area contributed by atoms with Crippen molar-refractivity contribution < 1.29 is 14.2 Å². The van der Waals surface area contributed by atoms with Gasteiger partial charge in [-0.25, -0.2) is 4.39 Å². The van der Waals surface area contributed by atoms with E-state index in [1.54, 1.807) is 18.2 Å². The van der Waals surface area contributed by atoms with Gasteiger partial charge in [-0.3, -0.25) is 0 Å². The number of aliphatic hydroxyl groups excluding tert-OH is 1. The van der Waals surface area contributed by atoms with E-state index >= 15 is 0 Å². The largest absolute Gasteiger partial charge is 0.389 e. The fourth-order valence-electron chi connectivity index (χ4n) is 1.08. The number of benzene rings is 1. The van der Waals surface area contributed by atoms with Gasteiger partial charge >= 0.3 is 0 Å². The molecule has 0 saturated heterocycles. The Hall–Kier alpha value is -1.13. The molecule has 1 atom stereocenters. The summed E-state index contributed by atoms with van der Waals surface area (Å²) in [7, 11) is 1.51. The van der Waals surface area contributed by atoms with Crippen LogP contribution in [0.25, 0.3) is 0 Å². The summed E-state index contributed by atoms with van der Waals surface area (Å²) in [5.74, 6) is -0.322. The molecular weight excluding hydrogens is 185 g/mol. The zero-order chi connectivity index (χ0) is 10.4. The van der Waals surface area contributed by atoms with E-state index in [4.69, 9.17) is 4.74 Å². The highest BCUT2D eigenvalue weighted by Gasteiger charge is 2.04. The first-order chi connectivity index (χ1) is 6.74. The van der Waals surface area contributed by atoms with Gasteiger partial charge in [0.2, 0.25) is 0 Å². The fraction of sp³-hybridized carbons (Fsp3) is 0.400. The summed E-state index contributed by atoms with van der Waals surface area (Å²) in [5.41, 5.74) is 0.391. The van der Waals surface area contributed by atoms with Crippen LogP contribution < -0.4 is 5.32 Å². The lowest BCUT2D eigenvalue weighted by Gasteiger charge is -2.11. The molecule has 1 rings (SSSR count). The molecule has 4 heteroatoms. The second-order valence-corrected chi connectivity index (χ2v) is 2.97. The Labute approximate surface area is 82.5 Å². The number of ether oxygens (including phenoxy) is 1. The molecule has 0 aliphatic carbocycles. The van der Waals surface area contributed by atoms with Gasteiger partial charge in [-0.05, 0) is 12.1 Å². The Morgan fingerprint density at radius 3 is 2.86 bits per heavy atom. The van der Waals surface area contributed by atoms with Crippen molar-refractivity contribution in [2.75, 3.05) is 25.6 Å². The van der Waals surface area contributed by atoms with Crippen molar-refractivity contribution in [1.29, 1.82) is 0 Å². The third-order valence-electron chi connectivity index (χ3n) is 1.76. The number of anilines is 1. The predicted octanol–water partition coefficient (Wildman–Crippen LogP) is 1.24. The van der Waals surface area contributed by atoms with Crippen LogP contribution in [0, 0.1) is 5.82 Å². The minimum atomic E-state index is -0.625. The number of hydrogen-bond acceptors (Lipinski definition) is 3. The lowest BCUT2D eigenvalue weighted by molar-refractivity contribution is 0.0727. The highest BCUT2D eigenvalue weighted by molar-refractivity contribution is 5.44. The van der Waals surface area contributed by atoms with Gasteiger partial charge < -0.3 is 15.2 Å². The smallest absolute Gasteiger partial charge is 0.146 e. The molecular formula is C10H14FNO2. The van der Waals surface area contributed by atoms with E-state index < -0.39 is 6.10 Å². The number of nitrogens with one attached hydrogen (secondary N) is 1. The molecule has 14 heavy (non-hydrogen) atoms. The quantitative estimate of drug-likeness (QED) is 0.749. The second-order valence-electron chi connectivity index (χ2n) is 2.97. The average molecular weight is 199 g/mol. The zero-order valence-corrected chi connectivity index (χ0v) is 8.03. The Morgan fingerprint density at radius 2 is 2.21 bits per heavy atom. The van der Waals surface area contributed by atoms with Gasteiger partial charge in [0.1, 0.15) is 5.82 Å². The molecule has 78 valence electrons. The van der Waals surface area contributed by atoms with Crippen LogP contribution in [0.1, 0.15) is 0 Å². The van der Waals surface area contributed by atoms with Gasteiger partial charge in [-0.1, -0.05) is 12.1 Å². The maximum atomic E-state index is 13.1. The first kappa shape index (κ1) is 10.9. The summed E-state index contributed by atoms with van der Waals surface area (Å²) in [4.78, 5) is 0. The molecule has 1 aromatic rings. The summed E-state index contributed by atoms with van der Waals surface area (Å²) in [6, 6.07) is 6.33. The molecule has 0 spiro atoms. The number of aliphatic hydroxyl groups is 1. The van der Waals surface area contributed by atoms with Crippen LogP contribution in [0.5, 0.6) is 0 Å². The number of methoxy groups -OCH3 is 1. The Kier molecular flexibility index (Phi) is 4.35. The van der Waals surface area contributed by atoms with Crippen LogP contribution in [0.15, 0.2) is 24.3 Å². The molecule has 0 aromatic heterocycles. The standard InChI is InChI=1S/C10H14FNO2/c1-14-7-8(13)6-12-10-5-3-2-4-9(10)11/h2-5,8,12-13H,6-7H2,1H3. The van der Waals surface area contributed by atoms with Crippen molar-refractivity contribution in [3.63, 3.8) is 0 Å². The average Bonchev–Trinajstić information content (AvgIpc) is 2.17. The summed E-state index contributed by atoms with van der Waals surface area (Å²) in [5, 5.41) is 12.1. The third-order valence-corrected chi connectivity index (χ3v) is 1.76. The first-order valence-electron chi connectivity index (χ1n) is 4.39. The summed E-state index contributed by atoms with van der Waals surface area (Å²) in [6.07, 6.45) is -0.625. The maximum absolute atomic E-state index is 13.1. The van der Waals surface area contributed by atoms with Crippen LogP contribution in [0.3, 0.4) is 0 Å². The molecule has 1 aromatic carbocycles. The topological polar surface area (TPSA) is 41.5 Å². The fourth-order valence-corrected chi connectivity index (χ4v) is 1.08. The predicted molar refractivity (Wildman–Crippen MR) is 52.8 cm³/mol. The molecule has 1 unspecified atom stereocenters. The highest BCUT2D eigenvalue weighted by atomic mass is 19.1. The van der Waals surface area contributed by atoms with Crippen molar-refractivity contribution in [3.05, 3.63) is 30.1 Å². The minimum absolute atomic E-state index is 0.238. The third kappa shape index (κ3) is 3.32. The zero-order valence-electron chi connectivity index (χ0n) is 8.03. The normalized spacial score (nSPS) is 12.5. The Bertz CT molecular complexity index is 281. The lowest BCUT2D eigenvalue weighted by atomic mass is 10.3. The molecule has 0 fully saturated rings. The van der Waals surface area contributed by atoms with Gasteiger partial charge in [0.25, 0.3) is 0 Å². The van der Waals surface area contributed by atoms with Crippen LogP contribution in [0.4, 0.5) is 10.1 Å². The number of halogens is 1. The molecule has 0 aliphatic heterocycles. The molecule has 0 amide bonds. The Morgan fingerprint density at radius 1 is 1.50 bits per heavy atom. The molecule has 0 bridgehead atoms. The van der Waals surface area contributed by atoms with Gasteiger partial charge in [0.15, 0.2) is 0 Å². The monoisotopic (exact) mass is 199 g/mol. The van der Waals surface area contributed by atoms with Crippen LogP contribution >= 0.6 is 0 Å². The second kappa shape index (κ2) is 5.57.